The van der Waals surface area contributed by atoms with Crippen molar-refractivity contribution in [1.29, 1.82) is 0 Å². The summed E-state index contributed by atoms with van der Waals surface area (Å²) in [5, 5.41) is 1.11. The van der Waals surface area contributed by atoms with E-state index in [4.69, 9.17) is 4.74 Å². The van der Waals surface area contributed by atoms with Crippen molar-refractivity contribution < 1.29 is 9.53 Å². The number of piperidine rings is 1. The molecule has 0 radical (unpaired) electrons. The van der Waals surface area contributed by atoms with Gasteiger partial charge in [-0.25, -0.2) is 4.79 Å². The van der Waals surface area contributed by atoms with E-state index in [-0.39, 0.29) is 12.1 Å². The zero-order valence-electron chi connectivity index (χ0n) is 14.7. The third-order valence-electron chi connectivity index (χ3n) is 6.09. The molecule has 3 heterocycles. The number of hydrogen-bond acceptors (Lipinski definition) is 3. The van der Waals surface area contributed by atoms with Gasteiger partial charge < -0.3 is 9.72 Å². The summed E-state index contributed by atoms with van der Waals surface area (Å²) in [5.74, 6) is 0.748. The first kappa shape index (κ1) is 15.7. The van der Waals surface area contributed by atoms with Crippen LogP contribution in [0.15, 0.2) is 30.5 Å². The van der Waals surface area contributed by atoms with Crippen LogP contribution in [0.2, 0.25) is 0 Å². The maximum absolute atomic E-state index is 12.7. The molecule has 24 heavy (non-hydrogen) atoms. The average Bonchev–Trinajstić information content (AvgIpc) is 3.09. The smallest absolute Gasteiger partial charge is 0.338 e. The van der Waals surface area contributed by atoms with Gasteiger partial charge >= 0.3 is 5.97 Å². The number of nitrogens with one attached hydrogen (secondary N) is 1. The maximum atomic E-state index is 12.7. The summed E-state index contributed by atoms with van der Waals surface area (Å²) in [6.45, 7) is 4.51. The van der Waals surface area contributed by atoms with Crippen molar-refractivity contribution >= 4 is 16.9 Å². The first-order chi connectivity index (χ1) is 11.5. The highest BCUT2D eigenvalue weighted by Crippen LogP contribution is 2.42. The quantitative estimate of drug-likeness (QED) is 0.872. The summed E-state index contributed by atoms with van der Waals surface area (Å²) in [6, 6.07) is 8.85. The second kappa shape index (κ2) is 5.92. The molecule has 1 aromatic heterocycles. The van der Waals surface area contributed by atoms with Gasteiger partial charge in [-0.1, -0.05) is 19.9 Å². The molecule has 4 rings (SSSR count). The summed E-state index contributed by atoms with van der Waals surface area (Å²) in [6.07, 6.45) is 5.35. The minimum absolute atomic E-state index is 0.0329. The van der Waals surface area contributed by atoms with Crippen LogP contribution >= 0.6 is 0 Å². The number of fused-ring (bicyclic) bond motifs is 3. The van der Waals surface area contributed by atoms with Gasteiger partial charge in [0.1, 0.15) is 6.10 Å². The van der Waals surface area contributed by atoms with Gasteiger partial charge in [0, 0.05) is 36.1 Å². The molecule has 0 amide bonds. The van der Waals surface area contributed by atoms with Gasteiger partial charge in [-0.3, -0.25) is 4.90 Å². The van der Waals surface area contributed by atoms with Gasteiger partial charge in [-0.2, -0.15) is 0 Å². The summed E-state index contributed by atoms with van der Waals surface area (Å²) in [4.78, 5) is 18.4. The van der Waals surface area contributed by atoms with Crippen LogP contribution in [0, 0.1) is 11.8 Å². The van der Waals surface area contributed by atoms with Crippen LogP contribution in [0.5, 0.6) is 0 Å². The molecule has 2 saturated heterocycles. The largest absolute Gasteiger partial charge is 0.458 e. The fourth-order valence-corrected chi connectivity index (χ4v) is 4.84. The van der Waals surface area contributed by atoms with Crippen molar-refractivity contribution in [3.05, 3.63) is 36.0 Å². The number of ether oxygens (including phenoxy) is 1. The van der Waals surface area contributed by atoms with Crippen molar-refractivity contribution in [2.45, 2.75) is 51.3 Å². The van der Waals surface area contributed by atoms with Crippen molar-refractivity contribution in [2.24, 2.45) is 11.8 Å². The van der Waals surface area contributed by atoms with E-state index >= 15 is 0 Å². The molecule has 2 aromatic rings. The van der Waals surface area contributed by atoms with E-state index in [1.807, 2.05) is 30.5 Å². The van der Waals surface area contributed by atoms with Crippen LogP contribution < -0.4 is 0 Å². The number of H-pyrrole nitrogens is 1. The molecular formula is C20H26N2O2. The minimum atomic E-state index is -0.189. The Morgan fingerprint density at radius 1 is 1.29 bits per heavy atom. The summed E-state index contributed by atoms with van der Waals surface area (Å²) < 4.78 is 6.03. The predicted octanol–water partition coefficient (Wildman–Crippen LogP) is 3.83. The SMILES string of the molecule is CC(C)C1C(OC(=O)c2ccc3cc[nH]c3c2)CC2CCC1N2C. The first-order valence-corrected chi connectivity index (χ1v) is 9.04. The zero-order valence-corrected chi connectivity index (χ0v) is 14.7. The van der Waals surface area contributed by atoms with E-state index in [0.29, 0.717) is 29.5 Å². The van der Waals surface area contributed by atoms with Gasteiger partial charge in [0.25, 0.3) is 0 Å². The molecule has 4 atom stereocenters. The molecular weight excluding hydrogens is 300 g/mol. The van der Waals surface area contributed by atoms with Crippen molar-refractivity contribution in [1.82, 2.24) is 9.88 Å². The Morgan fingerprint density at radius 3 is 2.92 bits per heavy atom. The third kappa shape index (κ3) is 2.53. The normalized spacial score (nSPS) is 30.2. The van der Waals surface area contributed by atoms with E-state index < -0.39 is 0 Å². The molecule has 0 saturated carbocycles. The van der Waals surface area contributed by atoms with Crippen LogP contribution in [-0.4, -0.2) is 41.1 Å². The van der Waals surface area contributed by atoms with Gasteiger partial charge in [0.15, 0.2) is 0 Å². The molecule has 4 nitrogen and oxygen atoms in total. The zero-order chi connectivity index (χ0) is 16.8. The van der Waals surface area contributed by atoms with E-state index in [1.165, 1.54) is 12.8 Å². The molecule has 0 spiro atoms. The van der Waals surface area contributed by atoms with Crippen LogP contribution in [0.25, 0.3) is 10.9 Å². The second-order valence-electron chi connectivity index (χ2n) is 7.74. The Balaban J connectivity index is 1.55. The highest BCUT2D eigenvalue weighted by molar-refractivity contribution is 5.94. The molecule has 4 unspecified atom stereocenters. The topological polar surface area (TPSA) is 45.3 Å². The van der Waals surface area contributed by atoms with E-state index in [9.17, 15) is 4.79 Å². The number of hydrogen-bond donors (Lipinski definition) is 1. The molecule has 2 aliphatic rings. The summed E-state index contributed by atoms with van der Waals surface area (Å²) in [5.41, 5.74) is 1.62. The van der Waals surface area contributed by atoms with E-state index in [2.05, 4.69) is 30.8 Å². The number of rotatable bonds is 3. The molecule has 2 bridgehead atoms. The number of aromatic nitrogens is 1. The van der Waals surface area contributed by atoms with E-state index in [0.717, 1.165) is 17.3 Å². The fourth-order valence-electron chi connectivity index (χ4n) is 4.84. The maximum Gasteiger partial charge on any atom is 0.338 e. The van der Waals surface area contributed by atoms with Crippen LogP contribution in [0.1, 0.15) is 43.5 Å². The molecule has 2 fully saturated rings. The molecule has 2 aliphatic heterocycles. The standard InChI is InChI=1S/C20H26N2O2/c1-12(2)19-17-7-6-15(22(17)3)11-18(19)24-20(23)14-5-4-13-8-9-21-16(13)10-14/h4-5,8-10,12,15,17-19,21H,6-7,11H2,1-3H3. The number of nitrogens with zero attached hydrogens (tertiary/aromatic N) is 1. The lowest BCUT2D eigenvalue weighted by atomic mass is 9.79. The minimum Gasteiger partial charge on any atom is -0.458 e. The Hall–Kier alpha value is -1.81. The van der Waals surface area contributed by atoms with Crippen molar-refractivity contribution in [2.75, 3.05) is 7.05 Å². The number of benzene rings is 1. The third-order valence-corrected chi connectivity index (χ3v) is 6.09. The number of carbonyl (C=O) groups is 1. The highest BCUT2D eigenvalue weighted by Gasteiger charge is 2.48. The number of esters is 1. The summed E-state index contributed by atoms with van der Waals surface area (Å²) >= 11 is 0. The Bertz CT molecular complexity index is 751. The molecule has 1 N–H and O–H groups in total. The van der Waals surface area contributed by atoms with Crippen LogP contribution in [-0.2, 0) is 4.74 Å². The lowest BCUT2D eigenvalue weighted by molar-refractivity contribution is -0.0478. The lowest BCUT2D eigenvalue weighted by Gasteiger charge is -2.44. The molecule has 4 heteroatoms. The fraction of sp³-hybridized carbons (Fsp3) is 0.550. The average molecular weight is 326 g/mol. The summed E-state index contributed by atoms with van der Waals surface area (Å²) in [7, 11) is 2.23. The Labute approximate surface area is 143 Å². The van der Waals surface area contributed by atoms with Crippen molar-refractivity contribution in [3.63, 3.8) is 0 Å². The molecule has 128 valence electrons. The Morgan fingerprint density at radius 2 is 2.12 bits per heavy atom. The number of aromatic amines is 1. The van der Waals surface area contributed by atoms with Gasteiger partial charge in [0.2, 0.25) is 0 Å². The van der Waals surface area contributed by atoms with Crippen molar-refractivity contribution in [3.8, 4) is 0 Å². The Kier molecular flexibility index (Phi) is 3.87. The highest BCUT2D eigenvalue weighted by atomic mass is 16.5. The van der Waals surface area contributed by atoms with E-state index in [1.54, 1.807) is 0 Å². The predicted molar refractivity (Wildman–Crippen MR) is 95.0 cm³/mol. The van der Waals surface area contributed by atoms with Gasteiger partial charge in [-0.05, 0) is 49.4 Å². The lowest BCUT2D eigenvalue weighted by Crippen LogP contribution is -2.52. The molecule has 0 aliphatic carbocycles. The number of carbonyl (C=O) groups excluding carboxylic acids is 1. The van der Waals surface area contributed by atoms with Crippen LogP contribution in [0.3, 0.4) is 0 Å². The van der Waals surface area contributed by atoms with Crippen LogP contribution in [0.4, 0.5) is 0 Å². The monoisotopic (exact) mass is 326 g/mol. The van der Waals surface area contributed by atoms with Gasteiger partial charge in [-0.15, -0.1) is 0 Å². The van der Waals surface area contributed by atoms with Gasteiger partial charge in [0.05, 0.1) is 5.56 Å². The molecule has 1 aromatic carbocycles. The second-order valence-corrected chi connectivity index (χ2v) is 7.74. The first-order valence-electron chi connectivity index (χ1n) is 9.04.